The van der Waals surface area contributed by atoms with Crippen molar-refractivity contribution in [3.63, 3.8) is 0 Å². The van der Waals surface area contributed by atoms with Crippen LogP contribution in [0.15, 0.2) is 30.3 Å². The smallest absolute Gasteiger partial charge is 0.132 e. The number of pyridine rings is 1. The molecule has 0 saturated heterocycles. The summed E-state index contributed by atoms with van der Waals surface area (Å²) in [6.07, 6.45) is 2.17. The maximum atomic E-state index is 6.20. The Balaban J connectivity index is 2.22. The molecule has 3 nitrogen and oxygen atoms in total. The van der Waals surface area contributed by atoms with E-state index in [0.29, 0.717) is 16.1 Å². The van der Waals surface area contributed by atoms with Gasteiger partial charge in [-0.3, -0.25) is 0 Å². The largest absolute Gasteiger partial charge is 0.382 e. The van der Waals surface area contributed by atoms with Gasteiger partial charge in [-0.05, 0) is 44.0 Å². The molecule has 0 amide bonds. The summed E-state index contributed by atoms with van der Waals surface area (Å²) >= 11 is 12.1. The fourth-order valence-electron chi connectivity index (χ4n) is 2.27. The summed E-state index contributed by atoms with van der Waals surface area (Å²) < 4.78 is 0. The number of aryl methyl sites for hydroxylation is 1. The Morgan fingerprint density at radius 2 is 1.82 bits per heavy atom. The molecule has 1 aromatic heterocycles. The highest BCUT2D eigenvalue weighted by Crippen LogP contribution is 2.28. The van der Waals surface area contributed by atoms with Crippen LogP contribution in [0.25, 0.3) is 0 Å². The standard InChI is InChI=1S/C17H21Cl2N3/c1-4-13(5-2)21-14-8-11(3)20-17(10-14)22-16-7-6-12(18)9-15(16)19/h6-10,13H,4-5H2,1-3H3,(H2,20,21,22). The fraction of sp³-hybridized carbons (Fsp3) is 0.353. The second-order valence-electron chi connectivity index (χ2n) is 5.29. The second kappa shape index (κ2) is 7.70. The van der Waals surface area contributed by atoms with Crippen LogP contribution in [0.4, 0.5) is 17.2 Å². The van der Waals surface area contributed by atoms with Gasteiger partial charge in [-0.2, -0.15) is 0 Å². The molecule has 2 N–H and O–H groups in total. The van der Waals surface area contributed by atoms with Gasteiger partial charge in [0.15, 0.2) is 0 Å². The number of aromatic nitrogens is 1. The van der Waals surface area contributed by atoms with Crippen LogP contribution in [0.5, 0.6) is 0 Å². The van der Waals surface area contributed by atoms with Crippen molar-refractivity contribution in [3.05, 3.63) is 46.1 Å². The molecule has 0 aliphatic heterocycles. The number of rotatable bonds is 6. The molecule has 0 saturated carbocycles. The van der Waals surface area contributed by atoms with Gasteiger partial charge in [0.1, 0.15) is 5.82 Å². The van der Waals surface area contributed by atoms with E-state index < -0.39 is 0 Å². The van der Waals surface area contributed by atoms with Crippen molar-refractivity contribution in [2.45, 2.75) is 39.7 Å². The van der Waals surface area contributed by atoms with Crippen molar-refractivity contribution in [1.29, 1.82) is 0 Å². The minimum absolute atomic E-state index is 0.466. The molecule has 118 valence electrons. The minimum atomic E-state index is 0.466. The van der Waals surface area contributed by atoms with Crippen molar-refractivity contribution < 1.29 is 0 Å². The Morgan fingerprint density at radius 3 is 2.45 bits per heavy atom. The van der Waals surface area contributed by atoms with Gasteiger partial charge in [-0.1, -0.05) is 37.0 Å². The van der Waals surface area contributed by atoms with Crippen molar-refractivity contribution in [1.82, 2.24) is 4.98 Å². The number of anilines is 3. The predicted octanol–water partition coefficient (Wildman–Crippen LogP) is 6.04. The lowest BCUT2D eigenvalue weighted by atomic mass is 10.1. The zero-order valence-corrected chi connectivity index (χ0v) is 14.6. The van der Waals surface area contributed by atoms with Crippen LogP contribution in [-0.2, 0) is 0 Å². The molecule has 0 unspecified atom stereocenters. The number of nitrogens with one attached hydrogen (secondary N) is 2. The maximum Gasteiger partial charge on any atom is 0.132 e. The number of hydrogen-bond donors (Lipinski definition) is 2. The molecule has 1 heterocycles. The van der Waals surface area contributed by atoms with Gasteiger partial charge in [0, 0.05) is 28.5 Å². The maximum absolute atomic E-state index is 6.20. The van der Waals surface area contributed by atoms with Crippen LogP contribution in [0.3, 0.4) is 0 Å². The number of benzene rings is 1. The zero-order chi connectivity index (χ0) is 16.1. The highest BCUT2D eigenvalue weighted by atomic mass is 35.5. The van der Waals surface area contributed by atoms with Gasteiger partial charge in [0.25, 0.3) is 0 Å². The Labute approximate surface area is 142 Å². The molecule has 2 aromatic rings. The van der Waals surface area contributed by atoms with Crippen molar-refractivity contribution >= 4 is 40.4 Å². The molecule has 0 aliphatic rings. The van der Waals surface area contributed by atoms with E-state index in [1.165, 1.54) is 0 Å². The van der Waals surface area contributed by atoms with Crippen LogP contribution < -0.4 is 10.6 Å². The molecule has 0 fully saturated rings. The van der Waals surface area contributed by atoms with E-state index >= 15 is 0 Å². The van der Waals surface area contributed by atoms with Gasteiger partial charge < -0.3 is 10.6 Å². The SMILES string of the molecule is CCC(CC)Nc1cc(C)nc(Nc2ccc(Cl)cc2Cl)c1. The summed E-state index contributed by atoms with van der Waals surface area (Å²) in [7, 11) is 0. The quantitative estimate of drug-likeness (QED) is 0.674. The Kier molecular flexibility index (Phi) is 5.92. The van der Waals surface area contributed by atoms with E-state index in [1.807, 2.05) is 25.1 Å². The summed E-state index contributed by atoms with van der Waals surface area (Å²) in [6, 6.07) is 9.87. The molecule has 0 spiro atoms. The Morgan fingerprint density at radius 1 is 1.09 bits per heavy atom. The zero-order valence-electron chi connectivity index (χ0n) is 13.1. The van der Waals surface area contributed by atoms with Crippen LogP contribution in [0, 0.1) is 6.92 Å². The van der Waals surface area contributed by atoms with Crippen LogP contribution >= 0.6 is 23.2 Å². The highest BCUT2D eigenvalue weighted by Gasteiger charge is 2.07. The summed E-state index contributed by atoms with van der Waals surface area (Å²) in [5, 5.41) is 7.97. The molecule has 5 heteroatoms. The normalized spacial score (nSPS) is 10.8. The van der Waals surface area contributed by atoms with E-state index in [-0.39, 0.29) is 0 Å². The second-order valence-corrected chi connectivity index (χ2v) is 6.13. The first-order valence-electron chi connectivity index (χ1n) is 7.49. The minimum Gasteiger partial charge on any atom is -0.382 e. The van der Waals surface area contributed by atoms with Gasteiger partial charge in [0.05, 0.1) is 10.7 Å². The molecule has 0 atom stereocenters. The fourth-order valence-corrected chi connectivity index (χ4v) is 2.73. The monoisotopic (exact) mass is 337 g/mol. The van der Waals surface area contributed by atoms with E-state index in [4.69, 9.17) is 23.2 Å². The molecule has 2 rings (SSSR count). The average molecular weight is 338 g/mol. The van der Waals surface area contributed by atoms with Crippen molar-refractivity contribution in [3.8, 4) is 0 Å². The first-order chi connectivity index (χ1) is 10.5. The van der Waals surface area contributed by atoms with Gasteiger partial charge in [-0.15, -0.1) is 0 Å². The summed E-state index contributed by atoms with van der Waals surface area (Å²) in [4.78, 5) is 4.51. The van der Waals surface area contributed by atoms with Crippen LogP contribution in [-0.4, -0.2) is 11.0 Å². The highest BCUT2D eigenvalue weighted by molar-refractivity contribution is 6.36. The van der Waals surface area contributed by atoms with Gasteiger partial charge >= 0.3 is 0 Å². The first-order valence-corrected chi connectivity index (χ1v) is 8.24. The molecule has 0 radical (unpaired) electrons. The molecule has 1 aromatic carbocycles. The lowest BCUT2D eigenvalue weighted by Gasteiger charge is -2.18. The summed E-state index contributed by atoms with van der Waals surface area (Å²) in [5.74, 6) is 0.762. The third kappa shape index (κ3) is 4.52. The van der Waals surface area contributed by atoms with E-state index in [9.17, 15) is 0 Å². The average Bonchev–Trinajstić information content (AvgIpc) is 2.47. The Hall–Kier alpha value is -1.45. The number of halogens is 2. The molecular weight excluding hydrogens is 317 g/mol. The molecule has 22 heavy (non-hydrogen) atoms. The lowest BCUT2D eigenvalue weighted by Crippen LogP contribution is -2.17. The molecular formula is C17H21Cl2N3. The van der Waals surface area contributed by atoms with Gasteiger partial charge in [0.2, 0.25) is 0 Å². The Bertz CT molecular complexity index is 640. The van der Waals surface area contributed by atoms with Crippen LogP contribution in [0.2, 0.25) is 10.0 Å². The third-order valence-corrected chi connectivity index (χ3v) is 4.05. The predicted molar refractivity (Wildman–Crippen MR) is 96.7 cm³/mol. The number of hydrogen-bond acceptors (Lipinski definition) is 3. The number of nitrogens with zero attached hydrogens (tertiary/aromatic N) is 1. The molecule has 0 bridgehead atoms. The first kappa shape index (κ1) is 16.9. The van der Waals surface area contributed by atoms with Crippen LogP contribution in [0.1, 0.15) is 32.4 Å². The summed E-state index contributed by atoms with van der Waals surface area (Å²) in [6.45, 7) is 6.34. The van der Waals surface area contributed by atoms with Crippen molar-refractivity contribution in [2.24, 2.45) is 0 Å². The van der Waals surface area contributed by atoms with Gasteiger partial charge in [-0.25, -0.2) is 4.98 Å². The topological polar surface area (TPSA) is 37.0 Å². The third-order valence-electron chi connectivity index (χ3n) is 3.50. The van der Waals surface area contributed by atoms with E-state index in [0.717, 1.165) is 35.7 Å². The summed E-state index contributed by atoms with van der Waals surface area (Å²) in [5.41, 5.74) is 2.80. The van der Waals surface area contributed by atoms with E-state index in [2.05, 4.69) is 29.5 Å². The van der Waals surface area contributed by atoms with E-state index in [1.54, 1.807) is 12.1 Å². The lowest BCUT2D eigenvalue weighted by molar-refractivity contribution is 0.671. The molecule has 0 aliphatic carbocycles. The van der Waals surface area contributed by atoms with Crippen molar-refractivity contribution in [2.75, 3.05) is 10.6 Å².